The molecule has 0 aliphatic carbocycles. The molecule has 0 bridgehead atoms. The number of nitrogens with one attached hydrogen (secondary N) is 2. The third-order valence-corrected chi connectivity index (χ3v) is 5.43. The smallest absolute Gasteiger partial charge is 0.269 e. The van der Waals surface area contributed by atoms with Crippen LogP contribution in [-0.4, -0.2) is 28.2 Å². The quantitative estimate of drug-likeness (QED) is 0.686. The van der Waals surface area contributed by atoms with Crippen LogP contribution in [0.2, 0.25) is 0 Å². The molecule has 6 nitrogen and oxygen atoms in total. The lowest BCUT2D eigenvalue weighted by atomic mass is 10.1. The van der Waals surface area contributed by atoms with Gasteiger partial charge in [-0.15, -0.1) is 11.3 Å². The summed E-state index contributed by atoms with van der Waals surface area (Å²) in [5.41, 5.74) is 3.02. The summed E-state index contributed by atoms with van der Waals surface area (Å²) in [6, 6.07) is 9.21. The Morgan fingerprint density at radius 2 is 2.15 bits per heavy atom. The van der Waals surface area contributed by atoms with E-state index in [2.05, 4.69) is 20.5 Å². The van der Waals surface area contributed by atoms with Crippen molar-refractivity contribution in [2.45, 2.75) is 33.2 Å². The van der Waals surface area contributed by atoms with Gasteiger partial charge in [-0.3, -0.25) is 9.89 Å². The standard InChI is InChI=1S/C19H22N4O2S/c1-5-15(19-20-11(2)12(3)26-19)21-18(24)17-10-16(22-23-17)13-7-6-8-14(9-13)25-4/h6-10,15H,5H2,1-4H3,(H,21,24)(H,22,23)/t15-/m1/s1. The van der Waals surface area contributed by atoms with E-state index in [1.165, 1.54) is 4.88 Å². The molecule has 3 aromatic rings. The van der Waals surface area contributed by atoms with Crippen molar-refractivity contribution >= 4 is 17.2 Å². The van der Waals surface area contributed by atoms with Gasteiger partial charge in [0.2, 0.25) is 0 Å². The number of hydrogen-bond acceptors (Lipinski definition) is 5. The predicted octanol–water partition coefficient (Wildman–Crippen LogP) is 4.04. The molecule has 0 saturated heterocycles. The number of aromatic amines is 1. The van der Waals surface area contributed by atoms with Crippen LogP contribution in [0.25, 0.3) is 11.3 Å². The number of benzene rings is 1. The molecule has 1 aromatic carbocycles. The Kier molecular flexibility index (Phi) is 5.37. The van der Waals surface area contributed by atoms with E-state index in [1.807, 2.05) is 45.0 Å². The van der Waals surface area contributed by atoms with E-state index in [1.54, 1.807) is 24.5 Å². The summed E-state index contributed by atoms with van der Waals surface area (Å²) < 4.78 is 5.24. The van der Waals surface area contributed by atoms with Gasteiger partial charge in [0, 0.05) is 10.4 Å². The second kappa shape index (κ2) is 7.70. The van der Waals surface area contributed by atoms with Gasteiger partial charge in [0.15, 0.2) is 0 Å². The molecule has 0 unspecified atom stereocenters. The second-order valence-electron chi connectivity index (χ2n) is 6.03. The van der Waals surface area contributed by atoms with E-state index in [4.69, 9.17) is 4.74 Å². The topological polar surface area (TPSA) is 79.9 Å². The minimum Gasteiger partial charge on any atom is -0.497 e. The van der Waals surface area contributed by atoms with E-state index in [-0.39, 0.29) is 11.9 Å². The molecule has 0 radical (unpaired) electrons. The van der Waals surface area contributed by atoms with E-state index in [0.717, 1.165) is 28.4 Å². The molecule has 0 aliphatic heterocycles. The average molecular weight is 370 g/mol. The highest BCUT2D eigenvalue weighted by Crippen LogP contribution is 2.26. The number of H-pyrrole nitrogens is 1. The number of thiazole rings is 1. The summed E-state index contributed by atoms with van der Waals surface area (Å²) in [6.07, 6.45) is 0.773. The van der Waals surface area contributed by atoms with Crippen molar-refractivity contribution in [3.63, 3.8) is 0 Å². The van der Waals surface area contributed by atoms with Crippen LogP contribution in [0.5, 0.6) is 5.75 Å². The summed E-state index contributed by atoms with van der Waals surface area (Å²) in [4.78, 5) is 18.4. The zero-order valence-corrected chi connectivity index (χ0v) is 16.1. The molecule has 0 aliphatic rings. The molecular formula is C19H22N4O2S. The van der Waals surface area contributed by atoms with Crippen molar-refractivity contribution < 1.29 is 9.53 Å². The Hall–Kier alpha value is -2.67. The molecule has 26 heavy (non-hydrogen) atoms. The fraction of sp³-hybridized carbons (Fsp3) is 0.316. The number of rotatable bonds is 6. The maximum Gasteiger partial charge on any atom is 0.269 e. The van der Waals surface area contributed by atoms with Gasteiger partial charge < -0.3 is 10.1 Å². The first-order valence-electron chi connectivity index (χ1n) is 8.46. The van der Waals surface area contributed by atoms with Crippen LogP contribution in [0.4, 0.5) is 0 Å². The van der Waals surface area contributed by atoms with Crippen molar-refractivity contribution in [2.24, 2.45) is 0 Å². The maximum absolute atomic E-state index is 12.6. The zero-order valence-electron chi connectivity index (χ0n) is 15.3. The molecule has 1 atom stereocenters. The lowest BCUT2D eigenvalue weighted by molar-refractivity contribution is 0.0930. The van der Waals surface area contributed by atoms with E-state index in [0.29, 0.717) is 11.4 Å². The minimum absolute atomic E-state index is 0.108. The van der Waals surface area contributed by atoms with Crippen molar-refractivity contribution in [1.82, 2.24) is 20.5 Å². The number of nitrogens with zero attached hydrogens (tertiary/aromatic N) is 2. The molecule has 2 heterocycles. The van der Waals surface area contributed by atoms with Crippen LogP contribution in [0.1, 0.15) is 45.5 Å². The molecule has 1 amide bonds. The van der Waals surface area contributed by atoms with Gasteiger partial charge in [-0.2, -0.15) is 5.10 Å². The zero-order chi connectivity index (χ0) is 18.7. The summed E-state index contributed by atoms with van der Waals surface area (Å²) >= 11 is 1.62. The van der Waals surface area contributed by atoms with E-state index >= 15 is 0 Å². The summed E-state index contributed by atoms with van der Waals surface area (Å²) in [6.45, 7) is 6.06. The van der Waals surface area contributed by atoms with Crippen molar-refractivity contribution in [3.8, 4) is 17.0 Å². The Labute approximate surface area is 156 Å². The van der Waals surface area contributed by atoms with Crippen LogP contribution in [0.15, 0.2) is 30.3 Å². The average Bonchev–Trinajstić information content (AvgIpc) is 3.27. The van der Waals surface area contributed by atoms with Gasteiger partial charge in [0.05, 0.1) is 24.5 Å². The summed E-state index contributed by atoms with van der Waals surface area (Å²) in [7, 11) is 1.62. The van der Waals surface area contributed by atoms with Gasteiger partial charge in [-0.05, 0) is 38.5 Å². The normalized spacial score (nSPS) is 12.0. The van der Waals surface area contributed by atoms with Gasteiger partial charge >= 0.3 is 0 Å². The number of aryl methyl sites for hydroxylation is 2. The van der Waals surface area contributed by atoms with Gasteiger partial charge in [-0.1, -0.05) is 19.1 Å². The largest absolute Gasteiger partial charge is 0.497 e. The molecule has 0 spiro atoms. The molecule has 136 valence electrons. The second-order valence-corrected chi connectivity index (χ2v) is 7.26. The fourth-order valence-electron chi connectivity index (χ4n) is 2.59. The first-order chi connectivity index (χ1) is 12.5. The molecule has 0 saturated carbocycles. The number of carbonyl (C=O) groups is 1. The van der Waals surface area contributed by atoms with Crippen molar-refractivity contribution in [3.05, 3.63) is 51.6 Å². The number of amides is 1. The van der Waals surface area contributed by atoms with Crippen LogP contribution < -0.4 is 10.1 Å². The highest BCUT2D eigenvalue weighted by atomic mass is 32.1. The monoisotopic (exact) mass is 370 g/mol. The number of ether oxygens (including phenoxy) is 1. The molecule has 0 fully saturated rings. The third kappa shape index (κ3) is 3.77. The predicted molar refractivity (Wildman–Crippen MR) is 103 cm³/mol. The molecular weight excluding hydrogens is 348 g/mol. The number of methoxy groups -OCH3 is 1. The number of hydrogen-bond donors (Lipinski definition) is 2. The first-order valence-corrected chi connectivity index (χ1v) is 9.28. The van der Waals surface area contributed by atoms with E-state index < -0.39 is 0 Å². The fourth-order valence-corrected chi connectivity index (χ4v) is 3.65. The summed E-state index contributed by atoms with van der Waals surface area (Å²) in [5.74, 6) is 0.557. The first kappa shape index (κ1) is 18.1. The van der Waals surface area contributed by atoms with Crippen LogP contribution in [-0.2, 0) is 0 Å². The lowest BCUT2D eigenvalue weighted by Gasteiger charge is -2.13. The highest BCUT2D eigenvalue weighted by molar-refractivity contribution is 7.11. The Morgan fingerprint density at radius 3 is 2.81 bits per heavy atom. The third-order valence-electron chi connectivity index (χ3n) is 4.24. The van der Waals surface area contributed by atoms with Crippen LogP contribution in [0, 0.1) is 13.8 Å². The lowest BCUT2D eigenvalue weighted by Crippen LogP contribution is -2.28. The Balaban J connectivity index is 1.76. The molecule has 2 aromatic heterocycles. The number of aromatic nitrogens is 3. The Bertz CT molecular complexity index is 896. The summed E-state index contributed by atoms with van der Waals surface area (Å²) in [5, 5.41) is 11.0. The van der Waals surface area contributed by atoms with Crippen molar-refractivity contribution in [1.29, 1.82) is 0 Å². The van der Waals surface area contributed by atoms with Gasteiger partial charge in [0.25, 0.3) is 5.91 Å². The van der Waals surface area contributed by atoms with Crippen LogP contribution >= 0.6 is 11.3 Å². The molecule has 3 rings (SSSR count). The molecule has 2 N–H and O–H groups in total. The van der Waals surface area contributed by atoms with Gasteiger partial charge in [-0.25, -0.2) is 4.98 Å². The van der Waals surface area contributed by atoms with Gasteiger partial charge in [0.1, 0.15) is 16.5 Å². The van der Waals surface area contributed by atoms with Crippen LogP contribution in [0.3, 0.4) is 0 Å². The Morgan fingerprint density at radius 1 is 1.35 bits per heavy atom. The highest BCUT2D eigenvalue weighted by Gasteiger charge is 2.19. The SMILES string of the molecule is CC[C@@H](NC(=O)c1cc(-c2cccc(OC)c2)n[nH]1)c1nc(C)c(C)s1. The molecule has 7 heteroatoms. The van der Waals surface area contributed by atoms with Crippen molar-refractivity contribution in [2.75, 3.05) is 7.11 Å². The maximum atomic E-state index is 12.6. The number of carbonyl (C=O) groups excluding carboxylic acids is 1. The van der Waals surface area contributed by atoms with E-state index in [9.17, 15) is 4.79 Å². The minimum atomic E-state index is -0.191.